The normalized spacial score (nSPS) is 16.8. The fraction of sp³-hybridized carbons (Fsp3) is 0.207. The summed E-state index contributed by atoms with van der Waals surface area (Å²) in [7, 11) is 0. The fourth-order valence-corrected chi connectivity index (χ4v) is 5.82. The van der Waals surface area contributed by atoms with Crippen LogP contribution < -0.4 is 10.6 Å². The summed E-state index contributed by atoms with van der Waals surface area (Å²) >= 11 is 18.7. The highest BCUT2D eigenvalue weighted by Gasteiger charge is 2.41. The number of anilines is 1. The van der Waals surface area contributed by atoms with Crippen LogP contribution in [0.5, 0.6) is 0 Å². The first-order valence-electron chi connectivity index (χ1n) is 12.4. The van der Waals surface area contributed by atoms with Crippen LogP contribution in [0, 0.1) is 19.7 Å². The third-order valence-corrected chi connectivity index (χ3v) is 8.05. The van der Waals surface area contributed by atoms with Crippen LogP contribution in [0.15, 0.2) is 72.9 Å². The van der Waals surface area contributed by atoms with Crippen LogP contribution in [0.25, 0.3) is 5.69 Å². The molecule has 39 heavy (non-hydrogen) atoms. The Balaban J connectivity index is 1.50. The van der Waals surface area contributed by atoms with Crippen LogP contribution in [0.2, 0.25) is 10.0 Å². The molecule has 4 aromatic rings. The Morgan fingerprint density at radius 2 is 1.87 bits per heavy atom. The summed E-state index contributed by atoms with van der Waals surface area (Å²) in [5, 5.41) is 7.53. The van der Waals surface area contributed by atoms with Gasteiger partial charge in [0.25, 0.3) is 0 Å². The SMILES string of the molecule is Cc1cc([C@@H]2[C@H](c3ccccn3)NC(=S)N2CCC(=O)Nc2ccccc2F)c(C)n1-c1cccc(Cl)c1Cl. The second kappa shape index (κ2) is 11.3. The zero-order chi connectivity index (χ0) is 27.7. The number of aryl methyl sites for hydroxylation is 1. The van der Waals surface area contributed by atoms with Crippen molar-refractivity contribution in [3.63, 3.8) is 0 Å². The molecule has 200 valence electrons. The molecule has 6 nitrogen and oxygen atoms in total. The highest BCUT2D eigenvalue weighted by molar-refractivity contribution is 7.80. The molecule has 10 heteroatoms. The molecule has 2 aromatic heterocycles. The van der Waals surface area contributed by atoms with Gasteiger partial charge in [0.2, 0.25) is 5.91 Å². The Kier molecular flexibility index (Phi) is 7.88. The maximum atomic E-state index is 14.1. The van der Waals surface area contributed by atoms with Crippen molar-refractivity contribution >= 4 is 52.1 Å². The Morgan fingerprint density at radius 3 is 2.62 bits per heavy atom. The van der Waals surface area contributed by atoms with Gasteiger partial charge in [0.15, 0.2) is 5.11 Å². The summed E-state index contributed by atoms with van der Waals surface area (Å²) in [6, 6.07) is 19.0. The number of amides is 1. The van der Waals surface area contributed by atoms with E-state index in [-0.39, 0.29) is 30.1 Å². The van der Waals surface area contributed by atoms with Crippen molar-refractivity contribution in [3.05, 3.63) is 111 Å². The molecule has 2 atom stereocenters. The van der Waals surface area contributed by atoms with Crippen molar-refractivity contribution in [2.75, 3.05) is 11.9 Å². The summed E-state index contributed by atoms with van der Waals surface area (Å²) in [6.07, 6.45) is 1.86. The molecule has 2 N–H and O–H groups in total. The number of thiocarbonyl (C=S) groups is 1. The van der Waals surface area contributed by atoms with Gasteiger partial charge in [-0.2, -0.15) is 0 Å². The number of carbonyl (C=O) groups is 1. The van der Waals surface area contributed by atoms with Gasteiger partial charge >= 0.3 is 0 Å². The third-order valence-electron chi connectivity index (χ3n) is 6.89. The molecule has 1 fully saturated rings. The number of rotatable bonds is 7. The first-order valence-corrected chi connectivity index (χ1v) is 13.6. The summed E-state index contributed by atoms with van der Waals surface area (Å²) in [4.78, 5) is 19.4. The maximum absolute atomic E-state index is 14.1. The Labute approximate surface area is 241 Å². The van der Waals surface area contributed by atoms with E-state index in [9.17, 15) is 9.18 Å². The Bertz CT molecular complexity index is 1540. The summed E-state index contributed by atoms with van der Waals surface area (Å²) in [5.41, 5.74) is 4.71. The average molecular weight is 583 g/mol. The van der Waals surface area contributed by atoms with Crippen molar-refractivity contribution in [1.82, 2.24) is 19.8 Å². The molecule has 1 aliphatic rings. The second-order valence-corrected chi connectivity index (χ2v) is 10.5. The number of aromatic nitrogens is 2. The molecule has 2 aromatic carbocycles. The lowest BCUT2D eigenvalue weighted by Crippen LogP contribution is -2.33. The van der Waals surface area contributed by atoms with E-state index in [1.54, 1.807) is 24.4 Å². The molecule has 0 saturated carbocycles. The molecular formula is C29H26Cl2FN5OS. The van der Waals surface area contributed by atoms with Crippen molar-refractivity contribution in [2.24, 2.45) is 0 Å². The molecular weight excluding hydrogens is 556 g/mol. The third kappa shape index (κ3) is 5.37. The molecule has 3 heterocycles. The number of nitrogens with one attached hydrogen (secondary N) is 2. The zero-order valence-corrected chi connectivity index (χ0v) is 23.6. The summed E-state index contributed by atoms with van der Waals surface area (Å²) in [5.74, 6) is -0.788. The molecule has 5 rings (SSSR count). The number of hydrogen-bond acceptors (Lipinski definition) is 3. The Hall–Kier alpha value is -3.46. The van der Waals surface area contributed by atoms with E-state index in [0.717, 1.165) is 28.3 Å². The first kappa shape index (κ1) is 27.1. The quantitative estimate of drug-likeness (QED) is 0.231. The van der Waals surface area contributed by atoms with E-state index < -0.39 is 5.82 Å². The number of benzene rings is 2. The van der Waals surface area contributed by atoms with Gasteiger partial charge in [0, 0.05) is 30.6 Å². The predicted molar refractivity (Wildman–Crippen MR) is 157 cm³/mol. The van der Waals surface area contributed by atoms with Gasteiger partial charge in [-0.3, -0.25) is 9.78 Å². The molecule has 0 radical (unpaired) electrons. The van der Waals surface area contributed by atoms with Gasteiger partial charge in [0.05, 0.1) is 39.2 Å². The van der Waals surface area contributed by atoms with E-state index in [2.05, 4.69) is 26.3 Å². The predicted octanol–water partition coefficient (Wildman–Crippen LogP) is 6.94. The van der Waals surface area contributed by atoms with Crippen LogP contribution in [-0.4, -0.2) is 32.0 Å². The summed E-state index contributed by atoms with van der Waals surface area (Å²) in [6.45, 7) is 4.36. The minimum absolute atomic E-state index is 0.112. The topological polar surface area (TPSA) is 62.2 Å². The van der Waals surface area contributed by atoms with E-state index in [0.29, 0.717) is 21.7 Å². The number of hydrogen-bond donors (Lipinski definition) is 2. The lowest BCUT2D eigenvalue weighted by atomic mass is 9.96. The number of para-hydroxylation sites is 1. The fourth-order valence-electron chi connectivity index (χ4n) is 5.10. The lowest BCUT2D eigenvalue weighted by molar-refractivity contribution is -0.116. The molecule has 0 aliphatic carbocycles. The molecule has 0 spiro atoms. The smallest absolute Gasteiger partial charge is 0.226 e. The minimum Gasteiger partial charge on any atom is -0.352 e. The molecule has 1 saturated heterocycles. The van der Waals surface area contributed by atoms with Gasteiger partial charge < -0.3 is 20.1 Å². The van der Waals surface area contributed by atoms with Crippen molar-refractivity contribution in [2.45, 2.75) is 32.4 Å². The molecule has 0 bridgehead atoms. The van der Waals surface area contributed by atoms with Crippen LogP contribution in [0.3, 0.4) is 0 Å². The monoisotopic (exact) mass is 581 g/mol. The van der Waals surface area contributed by atoms with Gasteiger partial charge in [-0.05, 0) is 74.1 Å². The van der Waals surface area contributed by atoms with Crippen molar-refractivity contribution < 1.29 is 9.18 Å². The highest BCUT2D eigenvalue weighted by atomic mass is 35.5. The Morgan fingerprint density at radius 1 is 1.10 bits per heavy atom. The van der Waals surface area contributed by atoms with E-state index in [1.807, 2.05) is 49.1 Å². The maximum Gasteiger partial charge on any atom is 0.226 e. The van der Waals surface area contributed by atoms with Crippen LogP contribution >= 0.6 is 35.4 Å². The van der Waals surface area contributed by atoms with Gasteiger partial charge in [0.1, 0.15) is 5.82 Å². The standard InChI is InChI=1S/C29H26Cl2FN5OS/c1-17-16-19(18(2)37(17)24-12-7-8-20(30)26(24)31)28-27(23-11-5-6-14-33-23)35-29(39)36(28)15-13-25(38)34-22-10-4-3-9-21(22)32/h3-12,14,16,27-28H,13,15H2,1-2H3,(H,34,38)(H,35,39)/t27-,28+/m0/s1. The van der Waals surface area contributed by atoms with Crippen LogP contribution in [0.1, 0.15) is 41.1 Å². The number of nitrogens with zero attached hydrogens (tertiary/aromatic N) is 3. The summed E-state index contributed by atoms with van der Waals surface area (Å²) < 4.78 is 16.1. The van der Waals surface area contributed by atoms with Gasteiger partial charge in [-0.25, -0.2) is 4.39 Å². The van der Waals surface area contributed by atoms with Gasteiger partial charge in [-0.15, -0.1) is 0 Å². The number of carbonyl (C=O) groups excluding carboxylic acids is 1. The number of halogens is 3. The molecule has 1 amide bonds. The molecule has 0 unspecified atom stereocenters. The average Bonchev–Trinajstić information content (AvgIpc) is 3.40. The van der Waals surface area contributed by atoms with Crippen LogP contribution in [0.4, 0.5) is 10.1 Å². The molecule has 1 aliphatic heterocycles. The van der Waals surface area contributed by atoms with E-state index in [4.69, 9.17) is 35.4 Å². The highest BCUT2D eigenvalue weighted by Crippen LogP contribution is 2.42. The van der Waals surface area contributed by atoms with E-state index in [1.165, 1.54) is 12.1 Å². The zero-order valence-electron chi connectivity index (χ0n) is 21.3. The van der Waals surface area contributed by atoms with Gasteiger partial charge in [-0.1, -0.05) is 47.5 Å². The van der Waals surface area contributed by atoms with Crippen molar-refractivity contribution in [3.8, 4) is 5.69 Å². The van der Waals surface area contributed by atoms with E-state index >= 15 is 0 Å². The number of pyridine rings is 1. The lowest BCUT2D eigenvalue weighted by Gasteiger charge is -2.28. The largest absolute Gasteiger partial charge is 0.352 e. The minimum atomic E-state index is -0.482. The van der Waals surface area contributed by atoms with Crippen LogP contribution in [-0.2, 0) is 4.79 Å². The second-order valence-electron chi connectivity index (χ2n) is 9.33. The van der Waals surface area contributed by atoms with Crippen molar-refractivity contribution in [1.29, 1.82) is 0 Å². The first-order chi connectivity index (χ1) is 18.8.